The van der Waals surface area contributed by atoms with Gasteiger partial charge >= 0.3 is 5.97 Å². The molecule has 0 aliphatic heterocycles. The molecule has 0 saturated carbocycles. The lowest BCUT2D eigenvalue weighted by atomic mass is 10.2. The molecule has 22 heavy (non-hydrogen) atoms. The molecule has 0 amide bonds. The maximum Gasteiger partial charge on any atom is 0.303 e. The third-order valence-electron chi connectivity index (χ3n) is 2.87. The number of carboxylic acid groups (broad SMARTS) is 1. The number of carbonyl (C=O) groups is 1. The minimum atomic E-state index is -3.81. The maximum absolute atomic E-state index is 12.0. The first-order chi connectivity index (χ1) is 10.1. The van der Waals surface area contributed by atoms with Crippen molar-refractivity contribution in [3.8, 4) is 0 Å². The fraction of sp³-hybridized carbons (Fsp3) is 0.417. The van der Waals surface area contributed by atoms with Crippen molar-refractivity contribution >= 4 is 26.0 Å². The van der Waals surface area contributed by atoms with Crippen molar-refractivity contribution in [2.45, 2.75) is 29.6 Å². The Balaban J connectivity index is 2.93. The van der Waals surface area contributed by atoms with Gasteiger partial charge in [0.15, 0.2) is 0 Å². The summed E-state index contributed by atoms with van der Waals surface area (Å²) in [6.45, 7) is 1.48. The first kappa shape index (κ1) is 18.6. The van der Waals surface area contributed by atoms with Crippen LogP contribution < -0.4 is 9.44 Å². The van der Waals surface area contributed by atoms with Crippen molar-refractivity contribution < 1.29 is 26.7 Å². The van der Waals surface area contributed by atoms with Crippen LogP contribution in [0.1, 0.15) is 18.4 Å². The van der Waals surface area contributed by atoms with Gasteiger partial charge in [-0.3, -0.25) is 4.79 Å². The fourth-order valence-corrected chi connectivity index (χ4v) is 3.84. The first-order valence-corrected chi connectivity index (χ1v) is 9.32. The molecule has 0 heterocycles. The molecular formula is C12H18N2O6S2. The van der Waals surface area contributed by atoms with Crippen LogP contribution >= 0.6 is 0 Å². The summed E-state index contributed by atoms with van der Waals surface area (Å²) in [7, 11) is -6.19. The van der Waals surface area contributed by atoms with Gasteiger partial charge in [-0.05, 0) is 44.2 Å². The van der Waals surface area contributed by atoms with Gasteiger partial charge in [-0.2, -0.15) is 0 Å². The second-order valence-electron chi connectivity index (χ2n) is 4.53. The summed E-state index contributed by atoms with van der Waals surface area (Å²) in [5.74, 6) is -1.00. The van der Waals surface area contributed by atoms with E-state index in [0.29, 0.717) is 5.56 Å². The number of benzene rings is 1. The van der Waals surface area contributed by atoms with Crippen LogP contribution in [0.4, 0.5) is 0 Å². The molecule has 0 bridgehead atoms. The Bertz CT molecular complexity index is 756. The van der Waals surface area contributed by atoms with Gasteiger partial charge in [0, 0.05) is 13.0 Å². The largest absolute Gasteiger partial charge is 0.481 e. The predicted molar refractivity (Wildman–Crippen MR) is 79.5 cm³/mol. The van der Waals surface area contributed by atoms with Crippen molar-refractivity contribution in [1.82, 2.24) is 9.44 Å². The number of rotatable bonds is 8. The molecule has 0 saturated heterocycles. The highest BCUT2D eigenvalue weighted by Crippen LogP contribution is 2.19. The zero-order valence-corrected chi connectivity index (χ0v) is 13.8. The van der Waals surface area contributed by atoms with Crippen LogP contribution in [-0.4, -0.2) is 41.5 Å². The summed E-state index contributed by atoms with van der Waals surface area (Å²) in [5, 5.41) is 8.49. The van der Waals surface area contributed by atoms with Crippen LogP contribution in [0, 0.1) is 6.92 Å². The molecule has 1 rings (SSSR count). The molecule has 0 aliphatic carbocycles. The molecule has 1 aromatic carbocycles. The Kier molecular flexibility index (Phi) is 6.06. The molecule has 0 aliphatic rings. The van der Waals surface area contributed by atoms with Crippen LogP contribution in [0.5, 0.6) is 0 Å². The molecule has 10 heteroatoms. The smallest absolute Gasteiger partial charge is 0.303 e. The third-order valence-corrected chi connectivity index (χ3v) is 5.91. The van der Waals surface area contributed by atoms with Gasteiger partial charge < -0.3 is 5.11 Å². The number of aliphatic carboxylic acids is 1. The minimum Gasteiger partial charge on any atom is -0.481 e. The molecule has 8 nitrogen and oxygen atoms in total. The van der Waals surface area contributed by atoms with Crippen molar-refractivity contribution in [2.75, 3.05) is 13.6 Å². The Morgan fingerprint density at radius 2 is 1.82 bits per heavy atom. The van der Waals surface area contributed by atoms with E-state index in [4.69, 9.17) is 5.11 Å². The van der Waals surface area contributed by atoms with E-state index in [1.165, 1.54) is 32.2 Å². The molecular weight excluding hydrogens is 332 g/mol. The van der Waals surface area contributed by atoms with Crippen molar-refractivity contribution in [3.05, 3.63) is 23.8 Å². The highest BCUT2D eigenvalue weighted by molar-refractivity contribution is 7.90. The van der Waals surface area contributed by atoms with Crippen LogP contribution in [0.3, 0.4) is 0 Å². The lowest BCUT2D eigenvalue weighted by molar-refractivity contribution is -0.137. The van der Waals surface area contributed by atoms with Crippen LogP contribution in [-0.2, 0) is 24.8 Å². The van der Waals surface area contributed by atoms with Gasteiger partial charge in [0.1, 0.15) is 0 Å². The highest BCUT2D eigenvalue weighted by Gasteiger charge is 2.19. The van der Waals surface area contributed by atoms with Crippen molar-refractivity contribution in [3.63, 3.8) is 0 Å². The van der Waals surface area contributed by atoms with Crippen molar-refractivity contribution in [2.24, 2.45) is 0 Å². The number of hydrogen-bond acceptors (Lipinski definition) is 5. The van der Waals surface area contributed by atoms with Crippen molar-refractivity contribution in [1.29, 1.82) is 0 Å². The van der Waals surface area contributed by atoms with Crippen LogP contribution in [0.15, 0.2) is 28.0 Å². The number of sulfonamides is 2. The molecule has 0 spiro atoms. The van der Waals surface area contributed by atoms with E-state index in [1.807, 2.05) is 0 Å². The van der Waals surface area contributed by atoms with Gasteiger partial charge in [-0.15, -0.1) is 0 Å². The average Bonchev–Trinajstić information content (AvgIpc) is 2.43. The van der Waals surface area contributed by atoms with Crippen LogP contribution in [0.25, 0.3) is 0 Å². The number of nitrogens with one attached hydrogen (secondary N) is 2. The Labute approximate surface area is 129 Å². The zero-order valence-electron chi connectivity index (χ0n) is 12.2. The molecule has 0 unspecified atom stereocenters. The molecule has 0 aromatic heterocycles. The van der Waals surface area contributed by atoms with Gasteiger partial charge in [-0.25, -0.2) is 26.3 Å². The predicted octanol–water partition coefficient (Wildman–Crippen LogP) is 0.0462. The standard InChI is InChI=1S/C12H18N2O6S2/c1-9-8-10(5-6-11(9)22(19,20)13-2)21(17,18)14-7-3-4-12(15)16/h5-6,8,13-14H,3-4,7H2,1-2H3,(H,15,16). The summed E-state index contributed by atoms with van der Waals surface area (Å²) in [6.07, 6.45) is 0.0284. The topological polar surface area (TPSA) is 130 Å². The average molecular weight is 350 g/mol. The Morgan fingerprint density at radius 3 is 2.32 bits per heavy atom. The molecule has 0 atom stereocenters. The highest BCUT2D eigenvalue weighted by atomic mass is 32.2. The first-order valence-electron chi connectivity index (χ1n) is 6.36. The monoisotopic (exact) mass is 350 g/mol. The lowest BCUT2D eigenvalue weighted by Crippen LogP contribution is -2.26. The SMILES string of the molecule is CNS(=O)(=O)c1ccc(S(=O)(=O)NCCCC(=O)O)cc1C. The van der Waals surface area contributed by atoms with E-state index >= 15 is 0 Å². The van der Waals surface area contributed by atoms with E-state index in [9.17, 15) is 21.6 Å². The second-order valence-corrected chi connectivity index (χ2v) is 8.15. The normalized spacial score (nSPS) is 12.3. The van der Waals surface area contributed by atoms with E-state index in [2.05, 4.69) is 9.44 Å². The molecule has 3 N–H and O–H groups in total. The van der Waals surface area contributed by atoms with E-state index in [0.717, 1.165) is 0 Å². The third kappa shape index (κ3) is 4.77. The second kappa shape index (κ2) is 7.18. The lowest BCUT2D eigenvalue weighted by Gasteiger charge is -2.10. The molecule has 124 valence electrons. The van der Waals surface area contributed by atoms with Gasteiger partial charge in [-0.1, -0.05) is 0 Å². The fourth-order valence-electron chi connectivity index (χ4n) is 1.73. The van der Waals surface area contributed by atoms with Gasteiger partial charge in [0.25, 0.3) is 0 Å². The number of hydrogen-bond donors (Lipinski definition) is 3. The zero-order chi connectivity index (χ0) is 17.0. The molecule has 0 fully saturated rings. The molecule has 0 radical (unpaired) electrons. The summed E-state index contributed by atoms with van der Waals surface area (Å²) >= 11 is 0. The van der Waals surface area contributed by atoms with E-state index < -0.39 is 26.0 Å². The Morgan fingerprint density at radius 1 is 1.18 bits per heavy atom. The number of aryl methyl sites for hydroxylation is 1. The maximum atomic E-state index is 12.0. The Hall–Kier alpha value is -1.49. The van der Waals surface area contributed by atoms with E-state index in [1.54, 1.807) is 0 Å². The molecule has 1 aromatic rings. The minimum absolute atomic E-state index is 0.000160. The number of carboxylic acids is 1. The summed E-state index contributed by atoms with van der Waals surface area (Å²) in [5.41, 5.74) is 0.294. The summed E-state index contributed by atoms with van der Waals surface area (Å²) in [4.78, 5) is 10.3. The summed E-state index contributed by atoms with van der Waals surface area (Å²) in [6, 6.07) is 3.66. The van der Waals surface area contributed by atoms with Crippen LogP contribution in [0.2, 0.25) is 0 Å². The van der Waals surface area contributed by atoms with Gasteiger partial charge in [0.2, 0.25) is 20.0 Å². The quantitative estimate of drug-likeness (QED) is 0.568. The van der Waals surface area contributed by atoms with Gasteiger partial charge in [0.05, 0.1) is 9.79 Å². The summed E-state index contributed by atoms with van der Waals surface area (Å²) < 4.78 is 52.0. The van der Waals surface area contributed by atoms with E-state index in [-0.39, 0.29) is 29.2 Å².